The SMILES string of the molecule is Cn1cc(-c2ccccc2)nc1-n1cncc1N. The zero-order valence-electron chi connectivity index (χ0n) is 9.99. The summed E-state index contributed by atoms with van der Waals surface area (Å²) in [6.45, 7) is 0. The van der Waals surface area contributed by atoms with E-state index in [0.29, 0.717) is 5.82 Å². The summed E-state index contributed by atoms with van der Waals surface area (Å²) in [6, 6.07) is 10.0. The minimum absolute atomic E-state index is 0.573. The topological polar surface area (TPSA) is 61.7 Å². The van der Waals surface area contributed by atoms with Gasteiger partial charge in [-0.15, -0.1) is 0 Å². The van der Waals surface area contributed by atoms with Gasteiger partial charge >= 0.3 is 0 Å². The van der Waals surface area contributed by atoms with Gasteiger partial charge in [0.05, 0.1) is 11.9 Å². The zero-order valence-corrected chi connectivity index (χ0v) is 9.99. The number of rotatable bonds is 2. The number of imidazole rings is 2. The Morgan fingerprint density at radius 1 is 1.17 bits per heavy atom. The standard InChI is InChI=1S/C13H13N5/c1-17-8-11(10-5-3-2-4-6-10)16-13(17)18-9-15-7-12(18)14/h2-9H,14H2,1H3. The molecule has 3 aromatic rings. The molecule has 5 nitrogen and oxygen atoms in total. The Balaban J connectivity index is 2.10. The number of benzene rings is 1. The highest BCUT2D eigenvalue weighted by Crippen LogP contribution is 2.20. The van der Waals surface area contributed by atoms with E-state index in [2.05, 4.69) is 9.97 Å². The lowest BCUT2D eigenvalue weighted by Gasteiger charge is -2.02. The maximum atomic E-state index is 5.84. The van der Waals surface area contributed by atoms with Crippen molar-refractivity contribution < 1.29 is 0 Å². The van der Waals surface area contributed by atoms with Crippen LogP contribution in [0.15, 0.2) is 49.1 Å². The van der Waals surface area contributed by atoms with Crippen molar-refractivity contribution in [2.24, 2.45) is 7.05 Å². The van der Waals surface area contributed by atoms with Crippen LogP contribution in [0.4, 0.5) is 5.82 Å². The molecule has 1 aromatic carbocycles. The first-order valence-electron chi connectivity index (χ1n) is 5.62. The van der Waals surface area contributed by atoms with E-state index >= 15 is 0 Å². The maximum Gasteiger partial charge on any atom is 0.217 e. The molecule has 0 aliphatic heterocycles. The summed E-state index contributed by atoms with van der Waals surface area (Å²) in [7, 11) is 1.94. The molecule has 0 unspecified atom stereocenters. The van der Waals surface area contributed by atoms with Gasteiger partial charge in [-0.1, -0.05) is 30.3 Å². The van der Waals surface area contributed by atoms with Crippen LogP contribution in [0, 0.1) is 0 Å². The molecular weight excluding hydrogens is 226 g/mol. The van der Waals surface area contributed by atoms with Crippen molar-refractivity contribution in [3.8, 4) is 17.2 Å². The molecule has 0 amide bonds. The van der Waals surface area contributed by atoms with Gasteiger partial charge in [0.2, 0.25) is 5.95 Å². The van der Waals surface area contributed by atoms with E-state index in [1.165, 1.54) is 0 Å². The third-order valence-corrected chi connectivity index (χ3v) is 2.80. The minimum Gasteiger partial charge on any atom is -0.383 e. The van der Waals surface area contributed by atoms with E-state index in [1.807, 2.05) is 48.1 Å². The van der Waals surface area contributed by atoms with Crippen LogP contribution in [0.2, 0.25) is 0 Å². The lowest BCUT2D eigenvalue weighted by atomic mass is 10.2. The Labute approximate surface area is 105 Å². The molecule has 0 aliphatic rings. The van der Waals surface area contributed by atoms with Crippen LogP contribution >= 0.6 is 0 Å². The normalized spacial score (nSPS) is 10.7. The minimum atomic E-state index is 0.573. The van der Waals surface area contributed by atoms with Crippen LogP contribution in [-0.4, -0.2) is 19.1 Å². The van der Waals surface area contributed by atoms with E-state index in [1.54, 1.807) is 17.1 Å². The number of aryl methyl sites for hydroxylation is 1. The lowest BCUT2D eigenvalue weighted by Crippen LogP contribution is -2.04. The van der Waals surface area contributed by atoms with Gasteiger partial charge in [0.1, 0.15) is 12.1 Å². The molecule has 0 fully saturated rings. The van der Waals surface area contributed by atoms with Gasteiger partial charge in [0, 0.05) is 18.8 Å². The largest absolute Gasteiger partial charge is 0.383 e. The second-order valence-electron chi connectivity index (χ2n) is 4.09. The van der Waals surface area contributed by atoms with E-state index in [0.717, 1.165) is 17.2 Å². The predicted octanol–water partition coefficient (Wildman–Crippen LogP) is 1.85. The number of anilines is 1. The molecule has 5 heteroatoms. The summed E-state index contributed by atoms with van der Waals surface area (Å²) in [5, 5.41) is 0. The van der Waals surface area contributed by atoms with Crippen LogP contribution in [0.1, 0.15) is 0 Å². The lowest BCUT2D eigenvalue weighted by molar-refractivity contribution is 0.822. The Morgan fingerprint density at radius 2 is 1.94 bits per heavy atom. The van der Waals surface area contributed by atoms with Gasteiger partial charge in [-0.05, 0) is 0 Å². The summed E-state index contributed by atoms with van der Waals surface area (Å²) in [5.74, 6) is 1.33. The average Bonchev–Trinajstić information content (AvgIpc) is 2.96. The highest BCUT2D eigenvalue weighted by atomic mass is 15.3. The summed E-state index contributed by atoms with van der Waals surface area (Å²) in [6.07, 6.45) is 5.24. The monoisotopic (exact) mass is 239 g/mol. The molecule has 0 spiro atoms. The molecule has 0 saturated heterocycles. The van der Waals surface area contributed by atoms with Gasteiger partial charge in [0.25, 0.3) is 0 Å². The van der Waals surface area contributed by atoms with Gasteiger partial charge in [-0.3, -0.25) is 4.57 Å². The predicted molar refractivity (Wildman–Crippen MR) is 70.2 cm³/mol. The molecule has 90 valence electrons. The van der Waals surface area contributed by atoms with Crippen molar-refractivity contribution in [1.29, 1.82) is 0 Å². The molecule has 0 radical (unpaired) electrons. The highest BCUT2D eigenvalue weighted by Gasteiger charge is 2.10. The number of nitrogen functional groups attached to an aromatic ring is 1. The van der Waals surface area contributed by atoms with Crippen molar-refractivity contribution in [3.63, 3.8) is 0 Å². The third-order valence-electron chi connectivity index (χ3n) is 2.80. The summed E-state index contributed by atoms with van der Waals surface area (Å²) >= 11 is 0. The molecule has 3 rings (SSSR count). The summed E-state index contributed by atoms with van der Waals surface area (Å²) in [5.41, 5.74) is 7.84. The van der Waals surface area contributed by atoms with E-state index in [-0.39, 0.29) is 0 Å². The van der Waals surface area contributed by atoms with E-state index in [9.17, 15) is 0 Å². The molecule has 0 bridgehead atoms. The first-order valence-corrected chi connectivity index (χ1v) is 5.62. The fourth-order valence-electron chi connectivity index (χ4n) is 1.90. The number of hydrogen-bond acceptors (Lipinski definition) is 3. The van der Waals surface area contributed by atoms with Crippen LogP contribution in [0.25, 0.3) is 17.2 Å². The summed E-state index contributed by atoms with van der Waals surface area (Å²) in [4.78, 5) is 8.60. The van der Waals surface area contributed by atoms with Crippen molar-refractivity contribution in [2.45, 2.75) is 0 Å². The molecule has 0 saturated carbocycles. The summed E-state index contributed by atoms with van der Waals surface area (Å²) < 4.78 is 3.69. The molecule has 0 atom stereocenters. The van der Waals surface area contributed by atoms with E-state index < -0.39 is 0 Å². The number of nitrogens with zero attached hydrogens (tertiary/aromatic N) is 4. The van der Waals surface area contributed by atoms with E-state index in [4.69, 9.17) is 5.73 Å². The second kappa shape index (κ2) is 4.03. The highest BCUT2D eigenvalue weighted by molar-refractivity contribution is 5.59. The first-order chi connectivity index (χ1) is 8.75. The smallest absolute Gasteiger partial charge is 0.217 e. The zero-order chi connectivity index (χ0) is 12.5. The Kier molecular flexibility index (Phi) is 2.37. The fraction of sp³-hybridized carbons (Fsp3) is 0.0769. The molecule has 18 heavy (non-hydrogen) atoms. The molecule has 2 aromatic heterocycles. The van der Waals surface area contributed by atoms with Crippen molar-refractivity contribution in [2.75, 3.05) is 5.73 Å². The van der Waals surface area contributed by atoms with Gasteiger partial charge in [-0.2, -0.15) is 0 Å². The maximum absolute atomic E-state index is 5.84. The molecule has 0 aliphatic carbocycles. The van der Waals surface area contributed by atoms with Crippen molar-refractivity contribution in [1.82, 2.24) is 19.1 Å². The number of nitrogens with two attached hydrogens (primary N) is 1. The van der Waals surface area contributed by atoms with Gasteiger partial charge < -0.3 is 10.3 Å². The third kappa shape index (κ3) is 1.66. The number of aromatic nitrogens is 4. The van der Waals surface area contributed by atoms with Crippen molar-refractivity contribution >= 4 is 5.82 Å². The van der Waals surface area contributed by atoms with Crippen LogP contribution in [0.3, 0.4) is 0 Å². The fourth-order valence-corrected chi connectivity index (χ4v) is 1.90. The van der Waals surface area contributed by atoms with Crippen LogP contribution in [-0.2, 0) is 7.05 Å². The molecular formula is C13H13N5. The molecule has 2 N–H and O–H groups in total. The van der Waals surface area contributed by atoms with Gasteiger partial charge in [-0.25, -0.2) is 9.97 Å². The Bertz CT molecular complexity index is 666. The second-order valence-corrected chi connectivity index (χ2v) is 4.09. The molecule has 2 heterocycles. The Hall–Kier alpha value is -2.56. The first kappa shape index (κ1) is 10.6. The Morgan fingerprint density at radius 3 is 2.61 bits per heavy atom. The van der Waals surface area contributed by atoms with Gasteiger partial charge in [0.15, 0.2) is 0 Å². The number of hydrogen-bond donors (Lipinski definition) is 1. The van der Waals surface area contributed by atoms with Crippen molar-refractivity contribution in [3.05, 3.63) is 49.1 Å². The van der Waals surface area contributed by atoms with Crippen LogP contribution < -0.4 is 5.73 Å². The van der Waals surface area contributed by atoms with Crippen LogP contribution in [0.5, 0.6) is 0 Å². The average molecular weight is 239 g/mol. The quantitative estimate of drug-likeness (QED) is 0.742.